The van der Waals surface area contributed by atoms with Gasteiger partial charge in [0.1, 0.15) is 5.75 Å². The minimum atomic E-state index is -0.495. The van der Waals surface area contributed by atoms with Gasteiger partial charge in [-0.05, 0) is 37.1 Å². The van der Waals surface area contributed by atoms with Crippen LogP contribution in [0.1, 0.15) is 21.6 Å². The monoisotopic (exact) mass is 278 g/mol. The second-order valence-corrected chi connectivity index (χ2v) is 4.85. The molecule has 1 aromatic heterocycles. The van der Waals surface area contributed by atoms with E-state index >= 15 is 0 Å². The van der Waals surface area contributed by atoms with E-state index in [9.17, 15) is 4.79 Å². The van der Waals surface area contributed by atoms with E-state index in [0.29, 0.717) is 11.3 Å². The molecule has 0 aliphatic carbocycles. The third-order valence-corrected chi connectivity index (χ3v) is 3.26. The molecule has 0 saturated carbocycles. The van der Waals surface area contributed by atoms with Gasteiger partial charge in [-0.1, -0.05) is 30.3 Å². The van der Waals surface area contributed by atoms with Crippen molar-refractivity contribution in [1.82, 2.24) is 9.97 Å². The van der Waals surface area contributed by atoms with Gasteiger partial charge < -0.3 is 4.74 Å². The number of benzene rings is 2. The summed E-state index contributed by atoms with van der Waals surface area (Å²) in [4.78, 5) is 20.8. The minimum Gasteiger partial charge on any atom is -0.421 e. The maximum atomic E-state index is 12.2. The second kappa shape index (κ2) is 5.32. The Labute approximate surface area is 122 Å². The molecule has 0 saturated heterocycles. The topological polar surface area (TPSA) is 52.1 Å². The standard InChI is InChI=1S/C17H14N2O2/c1-11-6-5-7-12(2)16(11)21-17(20)15-10-18-13-8-3-4-9-14(13)19-15/h3-10H,1-2H3. The highest BCUT2D eigenvalue weighted by atomic mass is 16.5. The fraction of sp³-hybridized carbons (Fsp3) is 0.118. The molecular weight excluding hydrogens is 264 g/mol. The SMILES string of the molecule is Cc1cccc(C)c1OC(=O)c1cnc2ccccc2n1. The van der Waals surface area contributed by atoms with Gasteiger partial charge in [-0.25, -0.2) is 9.78 Å². The molecule has 0 bridgehead atoms. The number of aromatic nitrogens is 2. The number of carbonyl (C=O) groups is 1. The van der Waals surface area contributed by atoms with E-state index in [4.69, 9.17) is 4.74 Å². The quantitative estimate of drug-likeness (QED) is 0.532. The first-order valence-electron chi connectivity index (χ1n) is 6.65. The molecule has 0 N–H and O–H groups in total. The van der Waals surface area contributed by atoms with Crippen LogP contribution in [0.3, 0.4) is 0 Å². The van der Waals surface area contributed by atoms with Crippen molar-refractivity contribution in [3.63, 3.8) is 0 Å². The van der Waals surface area contributed by atoms with E-state index in [2.05, 4.69) is 9.97 Å². The average molecular weight is 278 g/mol. The number of hydrogen-bond donors (Lipinski definition) is 0. The maximum absolute atomic E-state index is 12.2. The Morgan fingerprint density at radius 2 is 1.62 bits per heavy atom. The van der Waals surface area contributed by atoms with Crippen LogP contribution in [0, 0.1) is 13.8 Å². The van der Waals surface area contributed by atoms with E-state index in [-0.39, 0.29) is 5.69 Å². The summed E-state index contributed by atoms with van der Waals surface area (Å²) in [7, 11) is 0. The van der Waals surface area contributed by atoms with E-state index in [1.54, 1.807) is 0 Å². The van der Waals surface area contributed by atoms with Crippen molar-refractivity contribution in [3.05, 3.63) is 65.5 Å². The van der Waals surface area contributed by atoms with Crippen molar-refractivity contribution >= 4 is 17.0 Å². The summed E-state index contributed by atoms with van der Waals surface area (Å²) >= 11 is 0. The van der Waals surface area contributed by atoms with Gasteiger partial charge in [0.2, 0.25) is 0 Å². The molecule has 0 spiro atoms. The molecular formula is C17H14N2O2. The third kappa shape index (κ3) is 2.60. The lowest BCUT2D eigenvalue weighted by Gasteiger charge is -2.09. The van der Waals surface area contributed by atoms with Crippen LogP contribution in [-0.2, 0) is 0 Å². The molecule has 3 aromatic rings. The highest BCUT2D eigenvalue weighted by Crippen LogP contribution is 2.23. The lowest BCUT2D eigenvalue weighted by molar-refractivity contribution is 0.0726. The van der Waals surface area contributed by atoms with Crippen molar-refractivity contribution < 1.29 is 9.53 Å². The maximum Gasteiger partial charge on any atom is 0.363 e. The number of carbonyl (C=O) groups excluding carboxylic acids is 1. The molecule has 0 amide bonds. The Kier molecular flexibility index (Phi) is 3.36. The number of para-hydroxylation sites is 3. The summed E-state index contributed by atoms with van der Waals surface area (Å²) in [6.07, 6.45) is 1.44. The summed E-state index contributed by atoms with van der Waals surface area (Å²) in [5, 5.41) is 0. The molecule has 104 valence electrons. The summed E-state index contributed by atoms with van der Waals surface area (Å²) in [6, 6.07) is 13.1. The fourth-order valence-corrected chi connectivity index (χ4v) is 2.16. The van der Waals surface area contributed by atoms with Crippen molar-refractivity contribution in [2.45, 2.75) is 13.8 Å². The Morgan fingerprint density at radius 1 is 0.952 bits per heavy atom. The number of nitrogens with zero attached hydrogens (tertiary/aromatic N) is 2. The normalized spacial score (nSPS) is 10.6. The van der Waals surface area contributed by atoms with E-state index in [1.165, 1.54) is 6.20 Å². The van der Waals surface area contributed by atoms with Gasteiger partial charge >= 0.3 is 5.97 Å². The van der Waals surface area contributed by atoms with Gasteiger partial charge in [-0.3, -0.25) is 4.98 Å². The summed E-state index contributed by atoms with van der Waals surface area (Å²) in [5.74, 6) is 0.0862. The Morgan fingerprint density at radius 3 is 2.33 bits per heavy atom. The lowest BCUT2D eigenvalue weighted by atomic mass is 10.1. The highest BCUT2D eigenvalue weighted by molar-refractivity contribution is 5.91. The highest BCUT2D eigenvalue weighted by Gasteiger charge is 2.14. The average Bonchev–Trinajstić information content (AvgIpc) is 2.50. The molecule has 0 aliphatic rings. The Balaban J connectivity index is 1.94. The Hall–Kier alpha value is -2.75. The predicted octanol–water partition coefficient (Wildman–Crippen LogP) is 3.47. The third-order valence-electron chi connectivity index (χ3n) is 3.26. The number of ether oxygens (including phenoxy) is 1. The van der Waals surface area contributed by atoms with Crippen LogP contribution in [0.25, 0.3) is 11.0 Å². The zero-order valence-corrected chi connectivity index (χ0v) is 11.8. The number of rotatable bonds is 2. The smallest absolute Gasteiger partial charge is 0.363 e. The molecule has 3 rings (SSSR count). The first-order chi connectivity index (χ1) is 10.1. The summed E-state index contributed by atoms with van der Waals surface area (Å²) in [5.41, 5.74) is 3.46. The van der Waals surface area contributed by atoms with Crippen LogP contribution in [0.4, 0.5) is 0 Å². The molecule has 4 nitrogen and oxygen atoms in total. The number of hydrogen-bond acceptors (Lipinski definition) is 4. The predicted molar refractivity (Wildman–Crippen MR) is 80.4 cm³/mol. The van der Waals surface area contributed by atoms with E-state index < -0.39 is 5.97 Å². The molecule has 21 heavy (non-hydrogen) atoms. The molecule has 2 aromatic carbocycles. The largest absolute Gasteiger partial charge is 0.421 e. The molecule has 0 unspecified atom stereocenters. The zero-order chi connectivity index (χ0) is 14.8. The number of fused-ring (bicyclic) bond motifs is 1. The van der Waals surface area contributed by atoms with Gasteiger partial charge in [0.25, 0.3) is 0 Å². The molecule has 0 aliphatic heterocycles. The first kappa shape index (κ1) is 13.2. The molecule has 0 radical (unpaired) electrons. The molecule has 0 fully saturated rings. The van der Waals surface area contributed by atoms with Crippen molar-refractivity contribution in [2.24, 2.45) is 0 Å². The van der Waals surface area contributed by atoms with Gasteiger partial charge in [0.15, 0.2) is 5.69 Å². The first-order valence-corrected chi connectivity index (χ1v) is 6.65. The lowest BCUT2D eigenvalue weighted by Crippen LogP contribution is -2.12. The van der Waals surface area contributed by atoms with E-state index in [1.807, 2.05) is 56.3 Å². The molecule has 1 heterocycles. The number of esters is 1. The van der Waals surface area contributed by atoms with Gasteiger partial charge in [0, 0.05) is 0 Å². The van der Waals surface area contributed by atoms with Crippen LogP contribution < -0.4 is 4.74 Å². The second-order valence-electron chi connectivity index (χ2n) is 4.85. The van der Waals surface area contributed by atoms with Gasteiger partial charge in [-0.15, -0.1) is 0 Å². The van der Waals surface area contributed by atoms with Crippen LogP contribution in [0.5, 0.6) is 5.75 Å². The van der Waals surface area contributed by atoms with Crippen molar-refractivity contribution in [3.8, 4) is 5.75 Å². The van der Waals surface area contributed by atoms with Crippen LogP contribution in [0.15, 0.2) is 48.7 Å². The van der Waals surface area contributed by atoms with Crippen LogP contribution in [-0.4, -0.2) is 15.9 Å². The van der Waals surface area contributed by atoms with Crippen molar-refractivity contribution in [1.29, 1.82) is 0 Å². The number of aryl methyl sites for hydroxylation is 2. The van der Waals surface area contributed by atoms with Gasteiger partial charge in [0.05, 0.1) is 17.2 Å². The molecule has 0 atom stereocenters. The Bertz CT molecular complexity index is 808. The van der Waals surface area contributed by atoms with E-state index in [0.717, 1.165) is 16.6 Å². The van der Waals surface area contributed by atoms with Crippen LogP contribution in [0.2, 0.25) is 0 Å². The zero-order valence-electron chi connectivity index (χ0n) is 11.8. The fourth-order valence-electron chi connectivity index (χ4n) is 2.16. The molecule has 4 heteroatoms. The minimum absolute atomic E-state index is 0.205. The van der Waals surface area contributed by atoms with Gasteiger partial charge in [-0.2, -0.15) is 0 Å². The summed E-state index contributed by atoms with van der Waals surface area (Å²) in [6.45, 7) is 3.81. The van der Waals surface area contributed by atoms with Crippen LogP contribution >= 0.6 is 0 Å². The summed E-state index contributed by atoms with van der Waals surface area (Å²) < 4.78 is 5.47. The van der Waals surface area contributed by atoms with Crippen molar-refractivity contribution in [2.75, 3.05) is 0 Å².